The molecule has 4 N–H and O–H groups in total. The van der Waals surface area contributed by atoms with E-state index in [1.165, 1.54) is 31.2 Å². The Morgan fingerprint density at radius 1 is 1.04 bits per heavy atom. The number of phenolic OH excluding ortho intramolecular Hbond substituents is 1. The summed E-state index contributed by atoms with van der Waals surface area (Å²) in [7, 11) is -3.90. The van der Waals surface area contributed by atoms with Gasteiger partial charge < -0.3 is 5.11 Å². The minimum Gasteiger partial charge on any atom is -0.507 e. The summed E-state index contributed by atoms with van der Waals surface area (Å²) in [5.74, 6) is -1.75. The Morgan fingerprint density at radius 3 is 2.27 bits per heavy atom. The van der Waals surface area contributed by atoms with Crippen LogP contribution in [0, 0.1) is 0 Å². The molecule has 0 heterocycles. The van der Waals surface area contributed by atoms with Crippen molar-refractivity contribution in [3.05, 3.63) is 58.6 Å². The van der Waals surface area contributed by atoms with Crippen molar-refractivity contribution < 1.29 is 23.1 Å². The van der Waals surface area contributed by atoms with Gasteiger partial charge in [0.25, 0.3) is 11.8 Å². The average molecular weight is 442 g/mol. The maximum Gasteiger partial charge on any atom is 0.273 e. The number of halogens is 1. The van der Waals surface area contributed by atoms with E-state index in [2.05, 4.69) is 31.5 Å². The van der Waals surface area contributed by atoms with Gasteiger partial charge in [-0.2, -0.15) is 4.72 Å². The highest BCUT2D eigenvalue weighted by molar-refractivity contribution is 9.10. The van der Waals surface area contributed by atoms with Gasteiger partial charge in [0.15, 0.2) is 0 Å². The fourth-order valence-corrected chi connectivity index (χ4v) is 3.39. The molecule has 2 rings (SSSR count). The van der Waals surface area contributed by atoms with Gasteiger partial charge in [-0.05, 0) is 43.3 Å². The minimum atomic E-state index is -3.90. The number of carbonyl (C=O) groups is 2. The number of carbonyl (C=O) groups excluding carboxylic acids is 2. The van der Waals surface area contributed by atoms with Crippen molar-refractivity contribution in [3.8, 4) is 5.75 Å². The van der Waals surface area contributed by atoms with Gasteiger partial charge in [-0.15, -0.1) is 0 Å². The molecule has 2 aromatic rings. The van der Waals surface area contributed by atoms with Gasteiger partial charge in [0, 0.05) is 4.47 Å². The van der Waals surface area contributed by atoms with Crippen LogP contribution >= 0.6 is 15.9 Å². The number of sulfonamides is 1. The van der Waals surface area contributed by atoms with Crippen molar-refractivity contribution in [2.75, 3.05) is 0 Å². The van der Waals surface area contributed by atoms with Gasteiger partial charge in [-0.25, -0.2) is 8.42 Å². The molecule has 0 saturated heterocycles. The zero-order valence-corrected chi connectivity index (χ0v) is 16.0. The van der Waals surface area contributed by atoms with Crippen LogP contribution in [0.15, 0.2) is 57.9 Å². The maximum absolute atomic E-state index is 12.2. The van der Waals surface area contributed by atoms with Gasteiger partial charge >= 0.3 is 0 Å². The van der Waals surface area contributed by atoms with Crippen molar-refractivity contribution in [3.63, 3.8) is 0 Å². The number of hydrogen-bond acceptors (Lipinski definition) is 5. The molecule has 8 nitrogen and oxygen atoms in total. The number of benzene rings is 2. The number of hydrogen-bond donors (Lipinski definition) is 4. The van der Waals surface area contributed by atoms with Crippen LogP contribution in [0.5, 0.6) is 5.75 Å². The van der Waals surface area contributed by atoms with Crippen molar-refractivity contribution >= 4 is 37.8 Å². The molecular formula is C16H16BrN3O5S. The molecule has 2 amide bonds. The Morgan fingerprint density at radius 2 is 1.65 bits per heavy atom. The lowest BCUT2D eigenvalue weighted by molar-refractivity contribution is -0.123. The third-order valence-electron chi connectivity index (χ3n) is 3.30. The summed E-state index contributed by atoms with van der Waals surface area (Å²) in [5.41, 5.74) is 4.19. The van der Waals surface area contributed by atoms with E-state index in [9.17, 15) is 23.1 Å². The minimum absolute atomic E-state index is 0.00130. The standard InChI is InChI=1S/C16H16BrN3O5S/c1-10(20-26(24,25)12-8-6-11(17)7-9-12)15(22)18-19-16(23)13-4-2-3-5-14(13)21/h2-10,20-21H,1H3,(H,18,22)(H,19,23)/t10-/m0/s1. The van der Waals surface area contributed by atoms with Gasteiger partial charge in [-0.1, -0.05) is 28.1 Å². The van der Waals surface area contributed by atoms with Gasteiger partial charge in [-0.3, -0.25) is 20.4 Å². The van der Waals surface area contributed by atoms with Gasteiger partial charge in [0.1, 0.15) is 5.75 Å². The Hall–Kier alpha value is -2.43. The van der Waals surface area contributed by atoms with Crippen LogP contribution in [0.1, 0.15) is 17.3 Å². The SMILES string of the molecule is C[C@H](NS(=O)(=O)c1ccc(Br)cc1)C(=O)NNC(=O)c1ccccc1O. The molecule has 0 radical (unpaired) electrons. The van der Waals surface area contributed by atoms with E-state index in [-0.39, 0.29) is 16.2 Å². The largest absolute Gasteiger partial charge is 0.507 e. The molecule has 1 atom stereocenters. The van der Waals surface area contributed by atoms with E-state index >= 15 is 0 Å². The highest BCUT2D eigenvalue weighted by atomic mass is 79.9. The highest BCUT2D eigenvalue weighted by Gasteiger charge is 2.22. The normalized spacial score (nSPS) is 12.2. The summed E-state index contributed by atoms with van der Waals surface area (Å²) in [6.07, 6.45) is 0. The Balaban J connectivity index is 1.96. The molecule has 10 heteroatoms. The van der Waals surface area contributed by atoms with E-state index < -0.39 is 27.9 Å². The second kappa shape index (κ2) is 8.30. The Labute approximate surface area is 158 Å². The summed E-state index contributed by atoms with van der Waals surface area (Å²) >= 11 is 3.21. The van der Waals surface area contributed by atoms with Crippen LogP contribution in [0.2, 0.25) is 0 Å². The molecule has 0 aliphatic rings. The van der Waals surface area contributed by atoms with E-state index in [1.807, 2.05) is 0 Å². The topological polar surface area (TPSA) is 125 Å². The molecule has 0 fully saturated rings. The molecule has 0 saturated carbocycles. The molecular weight excluding hydrogens is 426 g/mol. The number of aromatic hydroxyl groups is 1. The molecule has 0 aromatic heterocycles. The first-order valence-corrected chi connectivity index (χ1v) is 9.64. The first-order valence-electron chi connectivity index (χ1n) is 7.37. The molecule has 26 heavy (non-hydrogen) atoms. The van der Waals surface area contributed by atoms with Crippen molar-refractivity contribution in [2.45, 2.75) is 17.9 Å². The molecule has 0 aliphatic carbocycles. The summed E-state index contributed by atoms with van der Waals surface area (Å²) in [6.45, 7) is 1.33. The van der Waals surface area contributed by atoms with Gasteiger partial charge in [0.2, 0.25) is 10.0 Å². The van der Waals surface area contributed by atoms with E-state index in [0.29, 0.717) is 4.47 Å². The fraction of sp³-hybridized carbons (Fsp3) is 0.125. The molecule has 138 valence electrons. The number of hydrazine groups is 1. The number of amides is 2. The molecule has 0 unspecified atom stereocenters. The molecule has 0 aliphatic heterocycles. The number of phenols is 1. The number of para-hydroxylation sites is 1. The van der Waals surface area contributed by atoms with E-state index in [4.69, 9.17) is 0 Å². The number of rotatable bonds is 5. The summed E-state index contributed by atoms with van der Waals surface area (Å²) in [6, 6.07) is 10.5. The van der Waals surface area contributed by atoms with E-state index in [0.717, 1.165) is 0 Å². The lowest BCUT2D eigenvalue weighted by atomic mass is 10.2. The monoisotopic (exact) mass is 441 g/mol. The summed E-state index contributed by atoms with van der Waals surface area (Å²) in [5, 5.41) is 9.59. The van der Waals surface area contributed by atoms with Crippen LogP contribution in [-0.2, 0) is 14.8 Å². The molecule has 2 aromatic carbocycles. The summed E-state index contributed by atoms with van der Waals surface area (Å²) in [4.78, 5) is 23.9. The first-order chi connectivity index (χ1) is 12.2. The highest BCUT2D eigenvalue weighted by Crippen LogP contribution is 2.15. The second-order valence-electron chi connectivity index (χ2n) is 5.26. The lowest BCUT2D eigenvalue weighted by Crippen LogP contribution is -2.51. The third-order valence-corrected chi connectivity index (χ3v) is 5.38. The van der Waals surface area contributed by atoms with Crippen LogP contribution in [-0.4, -0.2) is 31.4 Å². The van der Waals surface area contributed by atoms with Crippen LogP contribution in [0.4, 0.5) is 0 Å². The maximum atomic E-state index is 12.2. The fourth-order valence-electron chi connectivity index (χ4n) is 1.93. The second-order valence-corrected chi connectivity index (χ2v) is 7.89. The smallest absolute Gasteiger partial charge is 0.273 e. The molecule has 0 bridgehead atoms. The average Bonchev–Trinajstić information content (AvgIpc) is 2.59. The molecule has 0 spiro atoms. The van der Waals surface area contributed by atoms with Crippen molar-refractivity contribution in [1.29, 1.82) is 0 Å². The first kappa shape index (κ1) is 19.9. The Kier molecular flexibility index (Phi) is 6.35. The van der Waals surface area contributed by atoms with Crippen LogP contribution in [0.25, 0.3) is 0 Å². The Bertz CT molecular complexity index is 916. The van der Waals surface area contributed by atoms with Crippen molar-refractivity contribution in [2.24, 2.45) is 0 Å². The zero-order valence-electron chi connectivity index (χ0n) is 13.6. The van der Waals surface area contributed by atoms with Crippen LogP contribution in [0.3, 0.4) is 0 Å². The predicted molar refractivity (Wildman–Crippen MR) is 97.6 cm³/mol. The summed E-state index contributed by atoms with van der Waals surface area (Å²) < 4.78 is 27.4. The zero-order chi connectivity index (χ0) is 19.3. The lowest BCUT2D eigenvalue weighted by Gasteiger charge is -2.15. The number of nitrogens with one attached hydrogen (secondary N) is 3. The predicted octanol–water partition coefficient (Wildman–Crippen LogP) is 1.28. The quantitative estimate of drug-likeness (QED) is 0.520. The van der Waals surface area contributed by atoms with Crippen molar-refractivity contribution in [1.82, 2.24) is 15.6 Å². The van der Waals surface area contributed by atoms with Gasteiger partial charge in [0.05, 0.1) is 16.5 Å². The third kappa shape index (κ3) is 5.04. The van der Waals surface area contributed by atoms with E-state index in [1.54, 1.807) is 24.3 Å². The van der Waals surface area contributed by atoms with Crippen LogP contribution < -0.4 is 15.6 Å².